The van der Waals surface area contributed by atoms with Gasteiger partial charge in [0.2, 0.25) is 0 Å². The minimum atomic E-state index is -0.187. The molecule has 6 heteroatoms. The molecule has 5 heterocycles. The Kier molecular flexibility index (Phi) is 15.9. The second-order valence-electron chi connectivity index (χ2n) is 37.6. The Balaban J connectivity index is 0.998. The summed E-state index contributed by atoms with van der Waals surface area (Å²) in [6, 6.07) is 88.2. The maximum atomic E-state index is 5.09. The van der Waals surface area contributed by atoms with Gasteiger partial charge in [0, 0.05) is 85.0 Å². The number of aromatic nitrogens is 3. The van der Waals surface area contributed by atoms with Crippen molar-refractivity contribution in [2.45, 2.75) is 183 Å². The highest BCUT2D eigenvalue weighted by molar-refractivity contribution is 7.00. The van der Waals surface area contributed by atoms with E-state index in [9.17, 15) is 0 Å². The quantitative estimate of drug-likeness (QED) is 0.149. The van der Waals surface area contributed by atoms with Crippen LogP contribution in [0.25, 0.3) is 88.4 Å². The zero-order valence-electron chi connectivity index (χ0n) is 65.8. The standard InChI is InChI=1S/C99H102BN5/c1-93(2,3)67-30-22-61(23-31-67)63-26-38-74(39-27-63)102-88-57-76(104-84-46-34-69(95(7,8)9)53-78(84)79-54-70(96(10,11)12)35-47-85(79)104)42-44-82(88)100-83-45-43-77(105-86-48-36-71(97(13,14)15)55-80(86)81-56-72(98(16,17)18)37-49-87(81)105)58-89(83)103(75-40-28-64(29-41-75)62-24-32-68(33-25-62)94(4,5)6)91-52-65(51-90(102)92(91)100)66-50-73(60-101-59-66)99(19,20)21/h22-60H,1-21H3. The van der Waals surface area contributed by atoms with Crippen LogP contribution in [0.4, 0.5) is 34.1 Å². The lowest BCUT2D eigenvalue weighted by Crippen LogP contribution is -2.61. The van der Waals surface area contributed by atoms with Gasteiger partial charge < -0.3 is 18.9 Å². The van der Waals surface area contributed by atoms with Crippen molar-refractivity contribution in [3.05, 3.63) is 276 Å². The molecule has 0 atom stereocenters. The van der Waals surface area contributed by atoms with Crippen LogP contribution in [-0.2, 0) is 37.9 Å². The molecule has 14 aromatic rings. The second kappa shape index (κ2) is 24.2. The summed E-state index contributed by atoms with van der Waals surface area (Å²) in [6.07, 6.45) is 4.13. The van der Waals surface area contributed by atoms with Crippen molar-refractivity contribution in [1.29, 1.82) is 0 Å². The van der Waals surface area contributed by atoms with Gasteiger partial charge in [-0.3, -0.25) is 4.98 Å². The second-order valence-corrected chi connectivity index (χ2v) is 37.6. The number of anilines is 6. The molecule has 0 spiro atoms. The first-order valence-corrected chi connectivity index (χ1v) is 38.1. The van der Waals surface area contributed by atoms with E-state index < -0.39 is 0 Å². The SMILES string of the molecule is CC(C)(C)c1ccc(-c2ccc(N3c4cc(-n5c6ccc(C(C)(C)C)cc6c6cc(C(C)(C)C)ccc65)ccc4B4c5ccc(-n6c7ccc(C(C)(C)C)cc7c7cc(C(C)(C)C)ccc76)cc5N(c5ccc(-c6ccc(C(C)(C)C)cc6)cc5)c5cc(-c6cncc(C(C)(C)C)c6)cc3c54)cc2)cc1. The van der Waals surface area contributed by atoms with Crippen LogP contribution in [0.15, 0.2) is 237 Å². The summed E-state index contributed by atoms with van der Waals surface area (Å²) in [5.41, 5.74) is 33.3. The van der Waals surface area contributed by atoms with Crippen LogP contribution in [0.1, 0.15) is 184 Å². The summed E-state index contributed by atoms with van der Waals surface area (Å²) < 4.78 is 5.08. The number of hydrogen-bond donors (Lipinski definition) is 0. The number of fused-ring (bicyclic) bond motifs is 10. The predicted molar refractivity (Wildman–Crippen MR) is 454 cm³/mol. The highest BCUT2D eigenvalue weighted by atomic mass is 15.2. The zero-order valence-corrected chi connectivity index (χ0v) is 65.8. The normalized spacial score (nSPS) is 13.7. The number of hydrogen-bond acceptors (Lipinski definition) is 3. The fourth-order valence-corrected chi connectivity index (χ4v) is 16.4. The molecular weight excluding hydrogens is 1270 g/mol. The van der Waals surface area contributed by atoms with E-state index in [0.29, 0.717) is 0 Å². The van der Waals surface area contributed by atoms with E-state index in [4.69, 9.17) is 4.98 Å². The van der Waals surface area contributed by atoms with Gasteiger partial charge in [-0.25, -0.2) is 0 Å². The van der Waals surface area contributed by atoms with Crippen LogP contribution >= 0.6 is 0 Å². The third-order valence-corrected chi connectivity index (χ3v) is 22.9. The molecule has 0 saturated carbocycles. The van der Waals surface area contributed by atoms with Gasteiger partial charge in [-0.05, 0) is 236 Å². The van der Waals surface area contributed by atoms with Gasteiger partial charge in [0.25, 0.3) is 6.71 Å². The smallest absolute Gasteiger partial charge is 0.252 e. The average Bonchev–Trinajstić information content (AvgIpc) is 1.12. The van der Waals surface area contributed by atoms with Crippen molar-refractivity contribution in [3.63, 3.8) is 0 Å². The van der Waals surface area contributed by atoms with Crippen molar-refractivity contribution in [2.24, 2.45) is 0 Å². The Morgan fingerprint density at radius 2 is 0.514 bits per heavy atom. The molecule has 0 amide bonds. The molecular formula is C99H102BN5. The summed E-state index contributed by atoms with van der Waals surface area (Å²) in [5.74, 6) is 0. The van der Waals surface area contributed by atoms with Crippen LogP contribution in [0.2, 0.25) is 0 Å². The first-order chi connectivity index (χ1) is 49.4. The minimum Gasteiger partial charge on any atom is -0.311 e. The van der Waals surface area contributed by atoms with Gasteiger partial charge in [0.05, 0.1) is 22.1 Å². The Morgan fingerprint density at radius 3 is 0.819 bits per heavy atom. The fraction of sp³-hybridized carbons (Fsp3) is 0.283. The number of pyridine rings is 1. The van der Waals surface area contributed by atoms with Crippen LogP contribution in [0.3, 0.4) is 0 Å². The van der Waals surface area contributed by atoms with E-state index in [1.807, 2.05) is 0 Å². The van der Waals surface area contributed by atoms with E-state index in [-0.39, 0.29) is 44.6 Å². The third kappa shape index (κ3) is 12.1. The molecule has 2 aliphatic rings. The van der Waals surface area contributed by atoms with E-state index >= 15 is 0 Å². The maximum absolute atomic E-state index is 5.09. The van der Waals surface area contributed by atoms with E-state index in [0.717, 1.165) is 56.6 Å². The highest BCUT2D eigenvalue weighted by Gasteiger charge is 2.45. The van der Waals surface area contributed by atoms with Crippen molar-refractivity contribution >= 4 is 101 Å². The molecule has 0 N–H and O–H groups in total. The Hall–Kier alpha value is -10.2. The van der Waals surface area contributed by atoms with Crippen molar-refractivity contribution in [3.8, 4) is 44.8 Å². The summed E-state index contributed by atoms with van der Waals surface area (Å²) in [5, 5.41) is 5.08. The number of rotatable bonds is 7. The first kappa shape index (κ1) is 69.2. The van der Waals surface area contributed by atoms with Gasteiger partial charge in [0.1, 0.15) is 0 Å². The maximum Gasteiger partial charge on any atom is 0.252 e. The summed E-state index contributed by atoms with van der Waals surface area (Å²) in [6.45, 7) is 48.4. The molecule has 0 unspecified atom stereocenters. The predicted octanol–water partition coefficient (Wildman–Crippen LogP) is 25.4. The Morgan fingerprint density at radius 1 is 0.229 bits per heavy atom. The number of nitrogens with zero attached hydrogens (tertiary/aromatic N) is 5. The molecule has 0 saturated heterocycles. The largest absolute Gasteiger partial charge is 0.311 e. The summed E-state index contributed by atoms with van der Waals surface area (Å²) in [7, 11) is 0. The molecule has 0 bridgehead atoms. The van der Waals surface area contributed by atoms with Gasteiger partial charge in [-0.15, -0.1) is 0 Å². The van der Waals surface area contributed by atoms with Gasteiger partial charge in [-0.1, -0.05) is 255 Å². The molecule has 11 aromatic carbocycles. The molecule has 0 fully saturated rings. The summed E-state index contributed by atoms with van der Waals surface area (Å²) in [4.78, 5) is 10.3. The molecule has 5 nitrogen and oxygen atoms in total. The molecule has 0 radical (unpaired) electrons. The van der Waals surface area contributed by atoms with Gasteiger partial charge in [-0.2, -0.15) is 0 Å². The van der Waals surface area contributed by atoms with E-state index in [1.165, 1.54) is 121 Å². The fourth-order valence-electron chi connectivity index (χ4n) is 16.4. The van der Waals surface area contributed by atoms with Crippen LogP contribution in [-0.4, -0.2) is 20.8 Å². The first-order valence-electron chi connectivity index (χ1n) is 38.1. The molecule has 16 rings (SSSR count). The number of benzene rings is 11. The van der Waals surface area contributed by atoms with Crippen molar-refractivity contribution in [2.75, 3.05) is 9.80 Å². The highest BCUT2D eigenvalue weighted by Crippen LogP contribution is 2.50. The topological polar surface area (TPSA) is 29.2 Å². The van der Waals surface area contributed by atoms with Crippen molar-refractivity contribution in [1.82, 2.24) is 14.1 Å². The molecule has 526 valence electrons. The van der Waals surface area contributed by atoms with E-state index in [2.05, 4.69) is 401 Å². The molecule has 3 aromatic heterocycles. The minimum absolute atomic E-state index is 0.0397. The van der Waals surface area contributed by atoms with Gasteiger partial charge in [0.15, 0.2) is 0 Å². The zero-order chi connectivity index (χ0) is 74.1. The molecule has 2 aliphatic heterocycles. The monoisotopic (exact) mass is 1370 g/mol. The lowest BCUT2D eigenvalue weighted by atomic mass is 9.33. The van der Waals surface area contributed by atoms with Crippen LogP contribution in [0, 0.1) is 0 Å². The lowest BCUT2D eigenvalue weighted by molar-refractivity contribution is 0.587. The van der Waals surface area contributed by atoms with Crippen LogP contribution < -0.4 is 26.2 Å². The lowest BCUT2D eigenvalue weighted by Gasteiger charge is -2.44. The van der Waals surface area contributed by atoms with Crippen molar-refractivity contribution < 1.29 is 0 Å². The van der Waals surface area contributed by atoms with Gasteiger partial charge >= 0.3 is 0 Å². The van der Waals surface area contributed by atoms with Crippen LogP contribution in [0.5, 0.6) is 0 Å². The molecule has 0 aliphatic carbocycles. The molecule has 105 heavy (non-hydrogen) atoms. The Labute approximate surface area is 624 Å². The summed E-state index contributed by atoms with van der Waals surface area (Å²) >= 11 is 0. The van der Waals surface area contributed by atoms with E-state index in [1.54, 1.807) is 0 Å². The Bertz CT molecular complexity index is 5320. The average molecular weight is 1370 g/mol. The third-order valence-electron chi connectivity index (χ3n) is 22.9.